The van der Waals surface area contributed by atoms with Crippen LogP contribution in [0, 0.1) is 0 Å². The van der Waals surface area contributed by atoms with Crippen molar-refractivity contribution in [3.8, 4) is 5.88 Å². The molecule has 1 unspecified atom stereocenters. The summed E-state index contributed by atoms with van der Waals surface area (Å²) in [7, 11) is 0. The smallest absolute Gasteiger partial charge is 0.252 e. The van der Waals surface area contributed by atoms with Crippen LogP contribution in [0.25, 0.3) is 0 Å². The van der Waals surface area contributed by atoms with Crippen LogP contribution in [0.5, 0.6) is 5.88 Å². The highest BCUT2D eigenvalue weighted by Crippen LogP contribution is 2.21. The van der Waals surface area contributed by atoms with Gasteiger partial charge in [0, 0.05) is 31.9 Å². The van der Waals surface area contributed by atoms with Gasteiger partial charge >= 0.3 is 0 Å². The molecular weight excluding hydrogens is 330 g/mol. The van der Waals surface area contributed by atoms with Crippen molar-refractivity contribution in [2.24, 2.45) is 0 Å². The highest BCUT2D eigenvalue weighted by atomic mass is 16.5. The summed E-state index contributed by atoms with van der Waals surface area (Å²) in [4.78, 5) is 19.0. The average molecular weight is 355 g/mol. The molecular formula is C20H25N3O3. The summed E-state index contributed by atoms with van der Waals surface area (Å²) in [5, 5.41) is 3.04. The molecule has 1 aliphatic heterocycles. The number of ether oxygens (including phenoxy) is 2. The lowest BCUT2D eigenvalue weighted by molar-refractivity contribution is 0.0162. The Balaban J connectivity index is 1.65. The molecule has 1 N–H and O–H groups in total. The van der Waals surface area contributed by atoms with Crippen molar-refractivity contribution in [3.05, 3.63) is 59.8 Å². The highest BCUT2D eigenvalue weighted by molar-refractivity contribution is 5.93. The van der Waals surface area contributed by atoms with Crippen molar-refractivity contribution < 1.29 is 14.3 Å². The topological polar surface area (TPSA) is 63.7 Å². The van der Waals surface area contributed by atoms with E-state index < -0.39 is 0 Å². The molecule has 1 atom stereocenters. The Labute approximate surface area is 154 Å². The van der Waals surface area contributed by atoms with E-state index in [1.807, 2.05) is 25.1 Å². The Hall–Kier alpha value is -2.44. The summed E-state index contributed by atoms with van der Waals surface area (Å²) in [6.45, 7) is 6.16. The summed E-state index contributed by atoms with van der Waals surface area (Å²) in [6, 6.07) is 13.8. The standard InChI is InChI=1S/C20H25N3O3/c1-2-26-19-9-8-17(14-21-19)20(24)22-15-18(16-6-4-3-5-7-16)23-10-12-25-13-11-23/h3-9,14,18H,2,10-13,15H2,1H3,(H,22,24). The molecule has 6 heteroatoms. The first kappa shape index (κ1) is 18.4. The third-order valence-corrected chi connectivity index (χ3v) is 4.42. The van der Waals surface area contributed by atoms with Crippen LogP contribution < -0.4 is 10.1 Å². The number of nitrogens with one attached hydrogen (secondary N) is 1. The van der Waals surface area contributed by atoms with Crippen molar-refractivity contribution in [2.45, 2.75) is 13.0 Å². The number of aromatic nitrogens is 1. The van der Waals surface area contributed by atoms with Crippen LogP contribution in [0.2, 0.25) is 0 Å². The van der Waals surface area contributed by atoms with Crippen LogP contribution in [-0.2, 0) is 4.74 Å². The number of pyridine rings is 1. The number of morpholine rings is 1. The maximum Gasteiger partial charge on any atom is 0.252 e. The fourth-order valence-corrected chi connectivity index (χ4v) is 3.06. The van der Waals surface area contributed by atoms with Crippen molar-refractivity contribution in [1.82, 2.24) is 15.2 Å². The van der Waals surface area contributed by atoms with E-state index in [2.05, 4.69) is 27.3 Å². The van der Waals surface area contributed by atoms with Gasteiger partial charge in [-0.3, -0.25) is 9.69 Å². The minimum Gasteiger partial charge on any atom is -0.478 e. The van der Waals surface area contributed by atoms with Gasteiger partial charge in [0.1, 0.15) is 0 Å². The number of nitrogens with zero attached hydrogens (tertiary/aromatic N) is 2. The molecule has 0 aliphatic carbocycles. The number of carbonyl (C=O) groups excluding carboxylic acids is 1. The van der Waals surface area contributed by atoms with E-state index in [9.17, 15) is 4.79 Å². The second-order valence-corrected chi connectivity index (χ2v) is 6.10. The molecule has 2 heterocycles. The fraction of sp³-hybridized carbons (Fsp3) is 0.400. The maximum absolute atomic E-state index is 12.5. The van der Waals surface area contributed by atoms with E-state index in [-0.39, 0.29) is 11.9 Å². The van der Waals surface area contributed by atoms with E-state index >= 15 is 0 Å². The quantitative estimate of drug-likeness (QED) is 0.826. The normalized spacial score (nSPS) is 16.0. The predicted molar refractivity (Wildman–Crippen MR) is 99.3 cm³/mol. The van der Waals surface area contributed by atoms with Crippen LogP contribution in [0.1, 0.15) is 28.9 Å². The Bertz CT molecular complexity index is 685. The Morgan fingerprint density at radius 1 is 1.23 bits per heavy atom. The van der Waals surface area contributed by atoms with Crippen molar-refractivity contribution in [3.63, 3.8) is 0 Å². The minimum atomic E-state index is -0.130. The summed E-state index contributed by atoms with van der Waals surface area (Å²) in [5.41, 5.74) is 1.72. The largest absolute Gasteiger partial charge is 0.478 e. The third-order valence-electron chi connectivity index (χ3n) is 4.42. The van der Waals surface area contributed by atoms with Gasteiger partial charge in [0.05, 0.1) is 31.4 Å². The fourth-order valence-electron chi connectivity index (χ4n) is 3.06. The van der Waals surface area contributed by atoms with Crippen LogP contribution >= 0.6 is 0 Å². The zero-order valence-corrected chi connectivity index (χ0v) is 15.1. The van der Waals surface area contributed by atoms with Gasteiger partial charge in [-0.2, -0.15) is 0 Å². The van der Waals surface area contributed by atoms with Gasteiger partial charge in [0.25, 0.3) is 5.91 Å². The molecule has 2 aromatic rings. The number of hydrogen-bond acceptors (Lipinski definition) is 5. The number of benzene rings is 1. The Kier molecular flexibility index (Phi) is 6.57. The van der Waals surface area contributed by atoms with E-state index in [4.69, 9.17) is 9.47 Å². The summed E-state index contributed by atoms with van der Waals surface area (Å²) >= 11 is 0. The second kappa shape index (κ2) is 9.31. The van der Waals surface area contributed by atoms with Gasteiger partial charge < -0.3 is 14.8 Å². The molecule has 1 aromatic carbocycles. The summed E-state index contributed by atoms with van der Waals surface area (Å²) < 4.78 is 10.8. The molecule has 0 radical (unpaired) electrons. The lowest BCUT2D eigenvalue weighted by atomic mass is 10.0. The average Bonchev–Trinajstić information content (AvgIpc) is 2.70. The molecule has 6 nitrogen and oxygen atoms in total. The lowest BCUT2D eigenvalue weighted by Crippen LogP contribution is -2.43. The SMILES string of the molecule is CCOc1ccc(C(=O)NCC(c2ccccc2)N2CCOCC2)cn1. The van der Waals surface area contributed by atoms with Crippen molar-refractivity contribution in [2.75, 3.05) is 39.5 Å². The highest BCUT2D eigenvalue weighted by Gasteiger charge is 2.23. The van der Waals surface area contributed by atoms with Crippen molar-refractivity contribution >= 4 is 5.91 Å². The Morgan fingerprint density at radius 3 is 2.65 bits per heavy atom. The van der Waals surface area contributed by atoms with E-state index in [0.29, 0.717) is 24.6 Å². The molecule has 0 bridgehead atoms. The van der Waals surface area contributed by atoms with Gasteiger partial charge in [-0.1, -0.05) is 30.3 Å². The van der Waals surface area contributed by atoms with Crippen LogP contribution in [0.3, 0.4) is 0 Å². The van der Waals surface area contributed by atoms with Gasteiger partial charge in [0.15, 0.2) is 0 Å². The Morgan fingerprint density at radius 2 is 2.00 bits per heavy atom. The minimum absolute atomic E-state index is 0.125. The lowest BCUT2D eigenvalue weighted by Gasteiger charge is -2.34. The number of carbonyl (C=O) groups is 1. The molecule has 26 heavy (non-hydrogen) atoms. The first-order valence-electron chi connectivity index (χ1n) is 9.01. The first-order chi connectivity index (χ1) is 12.8. The van der Waals surface area contributed by atoms with Gasteiger partial charge in [-0.05, 0) is 18.6 Å². The zero-order valence-electron chi connectivity index (χ0n) is 15.1. The first-order valence-corrected chi connectivity index (χ1v) is 9.01. The second-order valence-electron chi connectivity index (χ2n) is 6.10. The van der Waals surface area contributed by atoms with Crippen LogP contribution in [-0.4, -0.2) is 55.2 Å². The monoisotopic (exact) mass is 355 g/mol. The van der Waals surface area contributed by atoms with Gasteiger partial charge in [-0.15, -0.1) is 0 Å². The van der Waals surface area contributed by atoms with Gasteiger partial charge in [-0.25, -0.2) is 4.98 Å². The zero-order chi connectivity index (χ0) is 18.2. The van der Waals surface area contributed by atoms with E-state index in [0.717, 1.165) is 26.3 Å². The molecule has 1 aliphatic rings. The number of amides is 1. The number of rotatable bonds is 7. The van der Waals surface area contributed by atoms with E-state index in [1.165, 1.54) is 5.56 Å². The van der Waals surface area contributed by atoms with Gasteiger partial charge in [0.2, 0.25) is 5.88 Å². The molecule has 0 saturated carbocycles. The molecule has 0 spiro atoms. The van der Waals surface area contributed by atoms with Crippen LogP contribution in [0.4, 0.5) is 0 Å². The molecule has 1 aromatic heterocycles. The third kappa shape index (κ3) is 4.80. The summed E-state index contributed by atoms with van der Waals surface area (Å²) in [6.07, 6.45) is 1.55. The molecule has 138 valence electrons. The van der Waals surface area contributed by atoms with Crippen molar-refractivity contribution in [1.29, 1.82) is 0 Å². The molecule has 1 amide bonds. The molecule has 3 rings (SSSR count). The maximum atomic E-state index is 12.5. The molecule has 1 fully saturated rings. The summed E-state index contributed by atoms with van der Waals surface area (Å²) in [5.74, 6) is 0.397. The number of hydrogen-bond donors (Lipinski definition) is 1. The molecule has 1 saturated heterocycles. The predicted octanol–water partition coefficient (Wildman–Crippen LogP) is 2.28. The van der Waals surface area contributed by atoms with Crippen LogP contribution in [0.15, 0.2) is 48.7 Å². The van der Waals surface area contributed by atoms with E-state index in [1.54, 1.807) is 18.3 Å².